The average Bonchev–Trinajstić information content (AvgIpc) is 3.33. The standard InChI is InChI=1S/C19H20N4O2/c24-17(10-9-14-6-5-13-25-14)22-18-19(23-11-3-4-12-23)21-16-8-2-1-7-15(16)20-18/h1-2,5-8,13H,3-4,9-12H2,(H,20,22,24). The lowest BCUT2D eigenvalue weighted by molar-refractivity contribution is -0.116. The first-order chi connectivity index (χ1) is 12.3. The summed E-state index contributed by atoms with van der Waals surface area (Å²) in [6.07, 6.45) is 4.81. The van der Waals surface area contributed by atoms with Crippen LogP contribution in [0.25, 0.3) is 11.0 Å². The number of fused-ring (bicyclic) bond motifs is 1. The molecule has 3 heterocycles. The van der Waals surface area contributed by atoms with E-state index in [-0.39, 0.29) is 5.91 Å². The highest BCUT2D eigenvalue weighted by Crippen LogP contribution is 2.28. The van der Waals surface area contributed by atoms with E-state index >= 15 is 0 Å². The number of carbonyl (C=O) groups excluding carboxylic acids is 1. The van der Waals surface area contributed by atoms with Gasteiger partial charge in [-0.25, -0.2) is 9.97 Å². The molecule has 0 saturated carbocycles. The molecule has 0 unspecified atom stereocenters. The van der Waals surface area contributed by atoms with Crippen molar-refractivity contribution in [2.24, 2.45) is 0 Å². The van der Waals surface area contributed by atoms with Gasteiger partial charge in [-0.2, -0.15) is 0 Å². The molecule has 6 heteroatoms. The van der Waals surface area contributed by atoms with Crippen LogP contribution < -0.4 is 10.2 Å². The topological polar surface area (TPSA) is 71.3 Å². The maximum Gasteiger partial charge on any atom is 0.226 e. The van der Waals surface area contributed by atoms with Crippen LogP contribution in [0.3, 0.4) is 0 Å². The normalized spacial score (nSPS) is 14.2. The van der Waals surface area contributed by atoms with Crippen molar-refractivity contribution in [3.05, 3.63) is 48.4 Å². The molecule has 0 radical (unpaired) electrons. The zero-order valence-corrected chi connectivity index (χ0v) is 13.9. The maximum atomic E-state index is 12.4. The molecule has 1 fully saturated rings. The number of benzene rings is 1. The molecule has 4 rings (SSSR count). The lowest BCUT2D eigenvalue weighted by Gasteiger charge is -2.20. The minimum atomic E-state index is -0.0820. The minimum Gasteiger partial charge on any atom is -0.469 e. The number of hydrogen-bond acceptors (Lipinski definition) is 5. The van der Waals surface area contributed by atoms with E-state index in [0.29, 0.717) is 18.7 Å². The fraction of sp³-hybridized carbons (Fsp3) is 0.316. The van der Waals surface area contributed by atoms with Crippen molar-refractivity contribution in [1.29, 1.82) is 0 Å². The first-order valence-electron chi connectivity index (χ1n) is 8.63. The Labute approximate surface area is 145 Å². The van der Waals surface area contributed by atoms with Crippen molar-refractivity contribution < 1.29 is 9.21 Å². The van der Waals surface area contributed by atoms with Gasteiger partial charge in [0.15, 0.2) is 11.6 Å². The van der Waals surface area contributed by atoms with E-state index in [0.717, 1.165) is 48.5 Å². The molecule has 6 nitrogen and oxygen atoms in total. The molecular formula is C19H20N4O2. The Morgan fingerprint density at radius 2 is 1.84 bits per heavy atom. The summed E-state index contributed by atoms with van der Waals surface area (Å²) in [5.41, 5.74) is 1.63. The molecule has 1 aromatic carbocycles. The second-order valence-corrected chi connectivity index (χ2v) is 6.21. The molecule has 2 aromatic heterocycles. The van der Waals surface area contributed by atoms with E-state index in [1.807, 2.05) is 36.4 Å². The van der Waals surface area contributed by atoms with E-state index in [4.69, 9.17) is 9.40 Å². The van der Waals surface area contributed by atoms with Gasteiger partial charge in [0, 0.05) is 25.9 Å². The summed E-state index contributed by atoms with van der Waals surface area (Å²) < 4.78 is 5.28. The van der Waals surface area contributed by atoms with Crippen LogP contribution in [0, 0.1) is 0 Å². The lowest BCUT2D eigenvalue weighted by Crippen LogP contribution is -2.23. The van der Waals surface area contributed by atoms with E-state index in [2.05, 4.69) is 15.2 Å². The summed E-state index contributed by atoms with van der Waals surface area (Å²) in [5.74, 6) is 2.04. The summed E-state index contributed by atoms with van der Waals surface area (Å²) in [5, 5.41) is 2.95. The molecule has 128 valence electrons. The Morgan fingerprint density at radius 1 is 1.08 bits per heavy atom. The highest BCUT2D eigenvalue weighted by molar-refractivity contribution is 5.94. The van der Waals surface area contributed by atoms with Crippen LogP contribution >= 0.6 is 0 Å². The number of carbonyl (C=O) groups is 1. The Balaban J connectivity index is 1.57. The predicted molar refractivity (Wildman–Crippen MR) is 96.6 cm³/mol. The third-order valence-electron chi connectivity index (χ3n) is 4.39. The van der Waals surface area contributed by atoms with E-state index in [1.54, 1.807) is 6.26 Å². The number of hydrogen-bond donors (Lipinski definition) is 1. The molecular weight excluding hydrogens is 316 g/mol. The second kappa shape index (κ2) is 6.93. The lowest BCUT2D eigenvalue weighted by atomic mass is 10.2. The fourth-order valence-electron chi connectivity index (χ4n) is 3.11. The Morgan fingerprint density at radius 3 is 2.56 bits per heavy atom. The van der Waals surface area contributed by atoms with Gasteiger partial charge in [0.1, 0.15) is 5.76 Å². The van der Waals surface area contributed by atoms with Gasteiger partial charge in [-0.05, 0) is 37.1 Å². The zero-order valence-electron chi connectivity index (χ0n) is 13.9. The quantitative estimate of drug-likeness (QED) is 0.773. The third kappa shape index (κ3) is 3.47. The monoisotopic (exact) mass is 336 g/mol. The average molecular weight is 336 g/mol. The number of amides is 1. The van der Waals surface area contributed by atoms with Crippen molar-refractivity contribution in [1.82, 2.24) is 9.97 Å². The van der Waals surface area contributed by atoms with Crippen molar-refractivity contribution in [2.75, 3.05) is 23.3 Å². The summed E-state index contributed by atoms with van der Waals surface area (Å²) in [4.78, 5) is 24.0. The first-order valence-corrected chi connectivity index (χ1v) is 8.63. The molecule has 1 aliphatic rings. The smallest absolute Gasteiger partial charge is 0.226 e. The highest BCUT2D eigenvalue weighted by atomic mass is 16.3. The van der Waals surface area contributed by atoms with Crippen LogP contribution in [0.15, 0.2) is 47.1 Å². The first kappa shape index (κ1) is 15.6. The van der Waals surface area contributed by atoms with Crippen LogP contribution in [-0.2, 0) is 11.2 Å². The predicted octanol–water partition coefficient (Wildman–Crippen LogP) is 3.39. The highest BCUT2D eigenvalue weighted by Gasteiger charge is 2.20. The summed E-state index contributed by atoms with van der Waals surface area (Å²) in [6, 6.07) is 11.4. The third-order valence-corrected chi connectivity index (χ3v) is 4.39. The second-order valence-electron chi connectivity index (χ2n) is 6.21. The summed E-state index contributed by atoms with van der Waals surface area (Å²) >= 11 is 0. The van der Waals surface area contributed by atoms with Gasteiger partial charge in [-0.3, -0.25) is 4.79 Å². The summed E-state index contributed by atoms with van der Waals surface area (Å²) in [7, 11) is 0. The van der Waals surface area contributed by atoms with Crippen molar-refractivity contribution >= 4 is 28.6 Å². The number of aryl methyl sites for hydroxylation is 1. The molecule has 0 bridgehead atoms. The fourth-order valence-corrected chi connectivity index (χ4v) is 3.11. The molecule has 1 saturated heterocycles. The minimum absolute atomic E-state index is 0.0820. The van der Waals surface area contributed by atoms with Gasteiger partial charge < -0.3 is 14.6 Å². The number of rotatable bonds is 5. The molecule has 1 amide bonds. The number of aromatic nitrogens is 2. The molecule has 0 aliphatic carbocycles. The largest absolute Gasteiger partial charge is 0.469 e. The van der Waals surface area contributed by atoms with Gasteiger partial charge in [0.05, 0.1) is 17.3 Å². The Kier molecular flexibility index (Phi) is 4.33. The van der Waals surface area contributed by atoms with Gasteiger partial charge in [0.2, 0.25) is 5.91 Å². The number of para-hydroxylation sites is 2. The number of furan rings is 1. The molecule has 0 spiro atoms. The molecule has 3 aromatic rings. The summed E-state index contributed by atoms with van der Waals surface area (Å²) in [6.45, 7) is 1.89. The number of nitrogens with one attached hydrogen (secondary N) is 1. The van der Waals surface area contributed by atoms with Crippen LogP contribution in [-0.4, -0.2) is 29.0 Å². The van der Waals surface area contributed by atoms with Crippen LogP contribution in [0.5, 0.6) is 0 Å². The van der Waals surface area contributed by atoms with E-state index < -0.39 is 0 Å². The van der Waals surface area contributed by atoms with Crippen molar-refractivity contribution in [3.8, 4) is 0 Å². The van der Waals surface area contributed by atoms with Gasteiger partial charge >= 0.3 is 0 Å². The van der Waals surface area contributed by atoms with Gasteiger partial charge in [-0.15, -0.1) is 0 Å². The van der Waals surface area contributed by atoms with Gasteiger partial charge in [-0.1, -0.05) is 12.1 Å². The maximum absolute atomic E-state index is 12.4. The molecule has 1 aliphatic heterocycles. The molecule has 1 N–H and O–H groups in total. The van der Waals surface area contributed by atoms with E-state index in [1.165, 1.54) is 0 Å². The Bertz CT molecular complexity index is 870. The van der Waals surface area contributed by atoms with Crippen LogP contribution in [0.1, 0.15) is 25.0 Å². The van der Waals surface area contributed by atoms with Crippen molar-refractivity contribution in [2.45, 2.75) is 25.7 Å². The van der Waals surface area contributed by atoms with Crippen LogP contribution in [0.4, 0.5) is 11.6 Å². The molecule has 0 atom stereocenters. The SMILES string of the molecule is O=C(CCc1ccco1)Nc1nc2ccccc2nc1N1CCCC1. The molecule has 25 heavy (non-hydrogen) atoms. The number of anilines is 2. The van der Waals surface area contributed by atoms with Gasteiger partial charge in [0.25, 0.3) is 0 Å². The van der Waals surface area contributed by atoms with Crippen molar-refractivity contribution in [3.63, 3.8) is 0 Å². The van der Waals surface area contributed by atoms with E-state index in [9.17, 15) is 4.79 Å². The van der Waals surface area contributed by atoms with Crippen LogP contribution in [0.2, 0.25) is 0 Å². The Hall–Kier alpha value is -2.89. The zero-order chi connectivity index (χ0) is 17.1. The number of nitrogens with zero attached hydrogens (tertiary/aromatic N) is 3.